The van der Waals surface area contributed by atoms with Crippen molar-refractivity contribution in [2.45, 2.75) is 63.8 Å². The Kier molecular flexibility index (Phi) is 4.71. The highest BCUT2D eigenvalue weighted by Crippen LogP contribution is 2.31. The summed E-state index contributed by atoms with van der Waals surface area (Å²) < 4.78 is 14.7. The molecule has 2 saturated carbocycles. The first-order chi connectivity index (χ1) is 13.8. The fraction of sp³-hybridized carbons (Fsp3) is 0.500. The molecule has 6 heteroatoms. The van der Waals surface area contributed by atoms with Crippen molar-refractivity contribution in [3.8, 4) is 0 Å². The van der Waals surface area contributed by atoms with Gasteiger partial charge in [0.25, 0.3) is 0 Å². The number of nitrogens with zero attached hydrogens (tertiary/aromatic N) is 3. The Balaban J connectivity index is 1.37. The van der Waals surface area contributed by atoms with E-state index in [4.69, 9.17) is 0 Å². The number of rotatable bonds is 6. The molecule has 0 spiro atoms. The maximum absolute atomic E-state index is 14.7. The average molecular weight is 379 g/mol. The quantitative estimate of drug-likeness (QED) is 0.605. The van der Waals surface area contributed by atoms with Crippen molar-refractivity contribution < 1.29 is 4.39 Å². The number of hydrogen-bond donors (Lipinski definition) is 2. The average Bonchev–Trinajstić information content (AvgIpc) is 3.43. The SMILES string of the molecule is Fc1nc(CC2CCCCC2)ccc1Cc1c[nH]c2ncnc(NC3CC3)c12. The molecular formula is C22H26FN5. The summed E-state index contributed by atoms with van der Waals surface area (Å²) in [6.07, 6.45) is 13.6. The summed E-state index contributed by atoms with van der Waals surface area (Å²) in [5.74, 6) is 1.15. The van der Waals surface area contributed by atoms with Gasteiger partial charge in [-0.05, 0) is 36.8 Å². The Morgan fingerprint density at radius 2 is 1.89 bits per heavy atom. The van der Waals surface area contributed by atoms with Crippen LogP contribution in [0.3, 0.4) is 0 Å². The third-order valence-corrected chi connectivity index (χ3v) is 6.06. The van der Waals surface area contributed by atoms with Crippen LogP contribution < -0.4 is 5.32 Å². The summed E-state index contributed by atoms with van der Waals surface area (Å²) in [5.41, 5.74) is 3.29. The first kappa shape index (κ1) is 17.6. The fourth-order valence-electron chi connectivity index (χ4n) is 4.34. The number of hydrogen-bond acceptors (Lipinski definition) is 4. The van der Waals surface area contributed by atoms with Gasteiger partial charge in [0.1, 0.15) is 17.8 Å². The van der Waals surface area contributed by atoms with Crippen molar-refractivity contribution >= 4 is 16.9 Å². The number of anilines is 1. The highest BCUT2D eigenvalue weighted by atomic mass is 19.1. The van der Waals surface area contributed by atoms with Gasteiger partial charge in [-0.3, -0.25) is 0 Å². The van der Waals surface area contributed by atoms with E-state index in [1.165, 1.54) is 44.9 Å². The van der Waals surface area contributed by atoms with Crippen molar-refractivity contribution in [2.24, 2.45) is 5.92 Å². The lowest BCUT2D eigenvalue weighted by Crippen LogP contribution is -2.11. The molecule has 5 nitrogen and oxygen atoms in total. The first-order valence-electron chi connectivity index (χ1n) is 10.5. The topological polar surface area (TPSA) is 66.5 Å². The molecule has 2 N–H and O–H groups in total. The Bertz CT molecular complexity index is 972. The van der Waals surface area contributed by atoms with Gasteiger partial charge in [0.2, 0.25) is 5.95 Å². The van der Waals surface area contributed by atoms with E-state index in [1.54, 1.807) is 6.33 Å². The van der Waals surface area contributed by atoms with Crippen LogP contribution in [0.4, 0.5) is 10.2 Å². The van der Waals surface area contributed by atoms with Crippen molar-refractivity contribution in [3.05, 3.63) is 47.4 Å². The predicted octanol–water partition coefficient (Wildman–Crippen LogP) is 4.78. The van der Waals surface area contributed by atoms with Gasteiger partial charge in [-0.2, -0.15) is 4.39 Å². The summed E-state index contributed by atoms with van der Waals surface area (Å²) in [7, 11) is 0. The van der Waals surface area contributed by atoms with Gasteiger partial charge in [-0.15, -0.1) is 0 Å². The molecule has 0 amide bonds. The summed E-state index contributed by atoms with van der Waals surface area (Å²) in [6, 6.07) is 4.40. The number of aromatic amines is 1. The molecule has 5 rings (SSSR count). The molecule has 0 unspecified atom stereocenters. The predicted molar refractivity (Wildman–Crippen MR) is 108 cm³/mol. The Hall–Kier alpha value is -2.50. The van der Waals surface area contributed by atoms with Crippen molar-refractivity contribution in [3.63, 3.8) is 0 Å². The van der Waals surface area contributed by atoms with Crippen molar-refractivity contribution in [1.82, 2.24) is 19.9 Å². The van der Waals surface area contributed by atoms with E-state index in [0.717, 1.165) is 34.5 Å². The lowest BCUT2D eigenvalue weighted by atomic mass is 9.86. The molecule has 3 aromatic heterocycles. The molecule has 0 aromatic carbocycles. The minimum absolute atomic E-state index is 0.351. The van der Waals surface area contributed by atoms with E-state index in [9.17, 15) is 4.39 Å². The van der Waals surface area contributed by atoms with Crippen LogP contribution in [0, 0.1) is 11.9 Å². The Labute approximate surface area is 164 Å². The highest BCUT2D eigenvalue weighted by molar-refractivity contribution is 5.90. The lowest BCUT2D eigenvalue weighted by Gasteiger charge is -2.21. The molecule has 2 aliphatic rings. The molecule has 0 saturated heterocycles. The second kappa shape index (κ2) is 7.49. The molecule has 0 atom stereocenters. The number of nitrogens with one attached hydrogen (secondary N) is 2. The first-order valence-corrected chi connectivity index (χ1v) is 10.5. The number of aromatic nitrogens is 4. The van der Waals surface area contributed by atoms with Crippen LogP contribution >= 0.6 is 0 Å². The van der Waals surface area contributed by atoms with Crippen LogP contribution in [0.25, 0.3) is 11.0 Å². The number of pyridine rings is 1. The van der Waals surface area contributed by atoms with Crippen LogP contribution in [0.5, 0.6) is 0 Å². The van der Waals surface area contributed by atoms with E-state index in [1.807, 2.05) is 18.3 Å². The van der Waals surface area contributed by atoms with Crippen LogP contribution in [0.1, 0.15) is 61.8 Å². The smallest absolute Gasteiger partial charge is 0.216 e. The van der Waals surface area contributed by atoms with Gasteiger partial charge in [-0.25, -0.2) is 15.0 Å². The largest absolute Gasteiger partial charge is 0.367 e. The van der Waals surface area contributed by atoms with E-state index < -0.39 is 0 Å². The molecule has 146 valence electrons. The summed E-state index contributed by atoms with van der Waals surface area (Å²) in [5, 5.41) is 4.42. The molecule has 0 radical (unpaired) electrons. The molecule has 0 aliphatic heterocycles. The standard InChI is InChI=1S/C22H26FN5/c23-20-15(6-7-18(27-20)10-14-4-2-1-3-5-14)11-16-12-24-21-19(16)22(26-13-25-21)28-17-8-9-17/h6-7,12-14,17H,1-5,8-11H2,(H2,24,25,26,28). The normalized spacial score (nSPS) is 17.9. The van der Waals surface area contributed by atoms with Gasteiger partial charge >= 0.3 is 0 Å². The van der Waals surface area contributed by atoms with Crippen LogP contribution in [0.15, 0.2) is 24.7 Å². The number of halogens is 1. The molecule has 0 bridgehead atoms. The third-order valence-electron chi connectivity index (χ3n) is 6.06. The van der Waals surface area contributed by atoms with Gasteiger partial charge in [0, 0.05) is 29.9 Å². The summed E-state index contributed by atoms with van der Waals surface area (Å²) >= 11 is 0. The molecular weight excluding hydrogens is 353 g/mol. The van der Waals surface area contributed by atoms with Gasteiger partial charge in [0.15, 0.2) is 0 Å². The monoisotopic (exact) mass is 379 g/mol. The van der Waals surface area contributed by atoms with E-state index in [0.29, 0.717) is 23.9 Å². The van der Waals surface area contributed by atoms with Crippen LogP contribution in [-0.4, -0.2) is 26.0 Å². The zero-order valence-electron chi connectivity index (χ0n) is 16.0. The lowest BCUT2D eigenvalue weighted by molar-refractivity contribution is 0.353. The number of H-pyrrole nitrogens is 1. The zero-order valence-corrected chi connectivity index (χ0v) is 16.0. The molecule has 2 aliphatic carbocycles. The van der Waals surface area contributed by atoms with Crippen molar-refractivity contribution in [2.75, 3.05) is 5.32 Å². The van der Waals surface area contributed by atoms with Gasteiger partial charge in [-0.1, -0.05) is 38.2 Å². The molecule has 28 heavy (non-hydrogen) atoms. The third kappa shape index (κ3) is 3.73. The minimum Gasteiger partial charge on any atom is -0.367 e. The van der Waals surface area contributed by atoms with Crippen molar-refractivity contribution in [1.29, 1.82) is 0 Å². The second-order valence-corrected chi connectivity index (χ2v) is 8.32. The molecule has 2 fully saturated rings. The van der Waals surface area contributed by atoms with Gasteiger partial charge in [0.05, 0.1) is 5.39 Å². The molecule has 3 heterocycles. The number of fused-ring (bicyclic) bond motifs is 1. The fourth-order valence-corrected chi connectivity index (χ4v) is 4.34. The van der Waals surface area contributed by atoms with Crippen LogP contribution in [-0.2, 0) is 12.8 Å². The summed E-state index contributed by atoms with van der Waals surface area (Å²) in [4.78, 5) is 16.2. The maximum atomic E-state index is 14.7. The van der Waals surface area contributed by atoms with Gasteiger partial charge < -0.3 is 10.3 Å². The highest BCUT2D eigenvalue weighted by Gasteiger charge is 2.23. The summed E-state index contributed by atoms with van der Waals surface area (Å²) in [6.45, 7) is 0. The molecule has 3 aromatic rings. The minimum atomic E-state index is -0.351. The maximum Gasteiger partial charge on any atom is 0.216 e. The second-order valence-electron chi connectivity index (χ2n) is 8.32. The zero-order chi connectivity index (χ0) is 18.9. The van der Waals surface area contributed by atoms with Crippen LogP contribution in [0.2, 0.25) is 0 Å². The Morgan fingerprint density at radius 1 is 1.04 bits per heavy atom. The van der Waals surface area contributed by atoms with E-state index >= 15 is 0 Å². The van der Waals surface area contributed by atoms with E-state index in [-0.39, 0.29) is 5.95 Å². The Morgan fingerprint density at radius 3 is 2.68 bits per heavy atom. The van der Waals surface area contributed by atoms with E-state index in [2.05, 4.69) is 25.3 Å².